The number of nitrogens with one attached hydrogen (secondary N) is 1. The first-order valence-electron chi connectivity index (χ1n) is 7.67. The Morgan fingerprint density at radius 2 is 2.04 bits per heavy atom. The van der Waals surface area contributed by atoms with E-state index in [1.807, 2.05) is 13.8 Å². The third kappa shape index (κ3) is 7.45. The lowest BCUT2D eigenvalue weighted by molar-refractivity contribution is -0.144. The summed E-state index contributed by atoms with van der Waals surface area (Å²) in [6.45, 7) is 7.04. The number of pyridine rings is 1. The zero-order valence-corrected chi connectivity index (χ0v) is 15.3. The predicted molar refractivity (Wildman–Crippen MR) is 91.4 cm³/mol. The quantitative estimate of drug-likeness (QED) is 0.517. The maximum atomic E-state index is 11.8. The van der Waals surface area contributed by atoms with Gasteiger partial charge in [0.2, 0.25) is 0 Å². The first kappa shape index (κ1) is 19.4. The van der Waals surface area contributed by atoms with E-state index < -0.39 is 5.97 Å². The second-order valence-corrected chi connectivity index (χ2v) is 6.21. The van der Waals surface area contributed by atoms with Crippen molar-refractivity contribution in [2.75, 3.05) is 25.1 Å². The summed E-state index contributed by atoms with van der Waals surface area (Å²) in [7, 11) is 0. The van der Waals surface area contributed by atoms with Crippen molar-refractivity contribution in [3.63, 3.8) is 0 Å². The molecule has 0 spiro atoms. The van der Waals surface area contributed by atoms with Gasteiger partial charge in [0.05, 0.1) is 17.7 Å². The van der Waals surface area contributed by atoms with Crippen molar-refractivity contribution in [2.45, 2.75) is 33.6 Å². The van der Waals surface area contributed by atoms with Gasteiger partial charge in [0.25, 0.3) is 0 Å². The molecule has 0 aliphatic carbocycles. The monoisotopic (exact) mass is 386 g/mol. The van der Waals surface area contributed by atoms with Crippen LogP contribution < -0.4 is 5.32 Å². The van der Waals surface area contributed by atoms with Gasteiger partial charge < -0.3 is 14.8 Å². The van der Waals surface area contributed by atoms with Gasteiger partial charge in [0.15, 0.2) is 5.69 Å². The highest BCUT2D eigenvalue weighted by atomic mass is 79.9. The van der Waals surface area contributed by atoms with Crippen molar-refractivity contribution < 1.29 is 19.1 Å². The molecule has 23 heavy (non-hydrogen) atoms. The van der Waals surface area contributed by atoms with Crippen molar-refractivity contribution in [3.05, 3.63) is 22.3 Å². The highest BCUT2D eigenvalue weighted by molar-refractivity contribution is 9.10. The SMILES string of the molecule is CCOC(=O)c1nc(NCCCC(=O)OCC(C)C)ccc1Br. The number of hydrogen-bond acceptors (Lipinski definition) is 6. The number of hydrogen-bond donors (Lipinski definition) is 1. The summed E-state index contributed by atoms with van der Waals surface area (Å²) < 4.78 is 10.6. The van der Waals surface area contributed by atoms with Crippen LogP contribution in [-0.2, 0) is 14.3 Å². The lowest BCUT2D eigenvalue weighted by Crippen LogP contribution is -2.13. The second kappa shape index (κ2) is 10.2. The molecule has 0 amide bonds. The van der Waals surface area contributed by atoms with Crippen LogP contribution in [0.3, 0.4) is 0 Å². The molecule has 6 nitrogen and oxygen atoms in total. The molecular weight excluding hydrogens is 364 g/mol. The Labute approximate surface area is 145 Å². The molecule has 7 heteroatoms. The van der Waals surface area contributed by atoms with Gasteiger partial charge in [0.1, 0.15) is 5.82 Å². The maximum Gasteiger partial charge on any atom is 0.358 e. The molecule has 1 rings (SSSR count). The molecule has 0 radical (unpaired) electrons. The number of ether oxygens (including phenoxy) is 2. The van der Waals surface area contributed by atoms with E-state index >= 15 is 0 Å². The van der Waals surface area contributed by atoms with Crippen LogP contribution in [0.25, 0.3) is 0 Å². The molecule has 1 heterocycles. The van der Waals surface area contributed by atoms with Crippen molar-refractivity contribution >= 4 is 33.7 Å². The van der Waals surface area contributed by atoms with E-state index in [9.17, 15) is 9.59 Å². The highest BCUT2D eigenvalue weighted by Gasteiger charge is 2.13. The lowest BCUT2D eigenvalue weighted by atomic mass is 10.2. The molecule has 128 valence electrons. The zero-order chi connectivity index (χ0) is 17.2. The van der Waals surface area contributed by atoms with E-state index in [-0.39, 0.29) is 11.7 Å². The average molecular weight is 387 g/mol. The largest absolute Gasteiger partial charge is 0.465 e. The van der Waals surface area contributed by atoms with Gasteiger partial charge in [0, 0.05) is 13.0 Å². The van der Waals surface area contributed by atoms with E-state index in [0.29, 0.717) is 48.8 Å². The van der Waals surface area contributed by atoms with Gasteiger partial charge in [-0.15, -0.1) is 0 Å². The Hall–Kier alpha value is -1.63. The number of aromatic nitrogens is 1. The Kier molecular flexibility index (Phi) is 8.61. The fraction of sp³-hybridized carbons (Fsp3) is 0.562. The van der Waals surface area contributed by atoms with E-state index in [0.717, 1.165) is 0 Å². The number of esters is 2. The van der Waals surface area contributed by atoms with Crippen molar-refractivity contribution in [3.8, 4) is 0 Å². The van der Waals surface area contributed by atoms with Gasteiger partial charge in [-0.3, -0.25) is 4.79 Å². The van der Waals surface area contributed by atoms with E-state index in [4.69, 9.17) is 9.47 Å². The summed E-state index contributed by atoms with van der Waals surface area (Å²) in [6.07, 6.45) is 0.977. The molecule has 0 bridgehead atoms. The number of rotatable bonds is 9. The van der Waals surface area contributed by atoms with Crippen LogP contribution in [0.15, 0.2) is 16.6 Å². The molecule has 0 fully saturated rings. The van der Waals surface area contributed by atoms with Gasteiger partial charge in [-0.1, -0.05) is 13.8 Å². The Morgan fingerprint density at radius 3 is 2.70 bits per heavy atom. The molecular formula is C16H23BrN2O4. The van der Waals surface area contributed by atoms with Crippen molar-refractivity contribution in [1.29, 1.82) is 0 Å². The first-order valence-corrected chi connectivity index (χ1v) is 8.46. The molecule has 1 aromatic heterocycles. The topological polar surface area (TPSA) is 77.5 Å². The summed E-state index contributed by atoms with van der Waals surface area (Å²) >= 11 is 3.28. The molecule has 0 unspecified atom stereocenters. The normalized spacial score (nSPS) is 10.5. The van der Waals surface area contributed by atoms with E-state index in [1.54, 1.807) is 19.1 Å². The number of halogens is 1. The standard InChI is InChI=1S/C16H23BrN2O4/c1-4-22-16(21)15-12(17)7-8-13(19-15)18-9-5-6-14(20)23-10-11(2)3/h7-8,11H,4-6,9-10H2,1-3H3,(H,18,19). The minimum absolute atomic E-state index is 0.198. The predicted octanol–water partition coefficient (Wildman–Crippen LogP) is 3.41. The van der Waals surface area contributed by atoms with Crippen LogP contribution in [0.4, 0.5) is 5.82 Å². The zero-order valence-electron chi connectivity index (χ0n) is 13.7. The number of nitrogens with zero attached hydrogens (tertiary/aromatic N) is 1. The molecule has 0 atom stereocenters. The Balaban J connectivity index is 2.42. The van der Waals surface area contributed by atoms with Gasteiger partial charge >= 0.3 is 11.9 Å². The molecule has 0 aromatic carbocycles. The summed E-state index contributed by atoms with van der Waals surface area (Å²) in [5.41, 5.74) is 0.230. The molecule has 0 aliphatic rings. The molecule has 0 saturated heterocycles. The second-order valence-electron chi connectivity index (χ2n) is 5.35. The van der Waals surface area contributed by atoms with Crippen LogP contribution >= 0.6 is 15.9 Å². The molecule has 0 aliphatic heterocycles. The van der Waals surface area contributed by atoms with Crippen molar-refractivity contribution in [2.24, 2.45) is 5.92 Å². The van der Waals surface area contributed by atoms with Crippen LogP contribution in [0.1, 0.15) is 44.1 Å². The fourth-order valence-electron chi connectivity index (χ4n) is 1.66. The summed E-state index contributed by atoms with van der Waals surface area (Å²) in [4.78, 5) is 27.5. The summed E-state index contributed by atoms with van der Waals surface area (Å²) in [5, 5.41) is 3.08. The van der Waals surface area contributed by atoms with Crippen LogP contribution in [0.2, 0.25) is 0 Å². The number of carbonyl (C=O) groups excluding carboxylic acids is 2. The smallest absolute Gasteiger partial charge is 0.358 e. The number of carbonyl (C=O) groups is 2. The van der Waals surface area contributed by atoms with Crippen LogP contribution in [0.5, 0.6) is 0 Å². The third-order valence-corrected chi connectivity index (χ3v) is 3.40. The average Bonchev–Trinajstić information content (AvgIpc) is 2.51. The minimum atomic E-state index is -0.472. The van der Waals surface area contributed by atoms with Crippen molar-refractivity contribution in [1.82, 2.24) is 4.98 Å². The lowest BCUT2D eigenvalue weighted by Gasteiger charge is -2.09. The minimum Gasteiger partial charge on any atom is -0.465 e. The van der Waals surface area contributed by atoms with Gasteiger partial charge in [-0.2, -0.15) is 0 Å². The van der Waals surface area contributed by atoms with E-state index in [1.165, 1.54) is 0 Å². The number of anilines is 1. The Bertz CT molecular complexity index is 535. The maximum absolute atomic E-state index is 11.8. The first-order chi connectivity index (χ1) is 10.9. The van der Waals surface area contributed by atoms with Gasteiger partial charge in [-0.25, -0.2) is 9.78 Å². The van der Waals surface area contributed by atoms with Crippen LogP contribution in [0, 0.1) is 5.92 Å². The Morgan fingerprint density at radius 1 is 1.30 bits per heavy atom. The fourth-order valence-corrected chi connectivity index (χ4v) is 2.05. The molecule has 0 saturated carbocycles. The molecule has 1 aromatic rings. The molecule has 1 N–H and O–H groups in total. The van der Waals surface area contributed by atoms with E-state index in [2.05, 4.69) is 26.2 Å². The highest BCUT2D eigenvalue weighted by Crippen LogP contribution is 2.18. The van der Waals surface area contributed by atoms with Gasteiger partial charge in [-0.05, 0) is 47.3 Å². The summed E-state index contributed by atoms with van der Waals surface area (Å²) in [5.74, 6) is 0.230. The third-order valence-electron chi connectivity index (χ3n) is 2.76. The van der Waals surface area contributed by atoms with Crippen LogP contribution in [-0.4, -0.2) is 36.7 Å². The summed E-state index contributed by atoms with van der Waals surface area (Å²) in [6, 6.07) is 3.49.